The lowest BCUT2D eigenvalue weighted by Gasteiger charge is -2.15. The summed E-state index contributed by atoms with van der Waals surface area (Å²) in [5.41, 5.74) is -5.65. The summed E-state index contributed by atoms with van der Waals surface area (Å²) in [6, 6.07) is 0. The molecular weight excluding hydrogens is 365 g/mol. The van der Waals surface area contributed by atoms with E-state index in [2.05, 4.69) is 0 Å². The monoisotopic (exact) mass is 386 g/mol. The summed E-state index contributed by atoms with van der Waals surface area (Å²) in [5, 5.41) is 0. The van der Waals surface area contributed by atoms with E-state index in [9.17, 15) is 18.0 Å². The minimum Gasteiger partial charge on any atom is -0.741 e. The van der Waals surface area contributed by atoms with Gasteiger partial charge in [-0.05, 0) is 43.9 Å². The standard InChI is InChI=1S/C14H21OS.CHF3O3S/c15-13-3-1-2-4-14(13)16-9-12-8-10-5-6-11(12)7-10;2-1(3,4)8(5,6)7/h10-12H,1-9H2;(H,5,6,7)/q+1;/p-1. The van der Waals surface area contributed by atoms with Crippen molar-refractivity contribution in [3.63, 3.8) is 0 Å². The molecule has 3 saturated carbocycles. The normalized spacial score (nSPS) is 31.9. The maximum absolute atomic E-state index is 11.7. The van der Waals surface area contributed by atoms with Crippen molar-refractivity contribution >= 4 is 32.1 Å². The van der Waals surface area contributed by atoms with Crippen molar-refractivity contribution in [1.29, 1.82) is 0 Å². The average Bonchev–Trinajstić information content (AvgIpc) is 3.07. The van der Waals surface area contributed by atoms with Crippen molar-refractivity contribution in [3.05, 3.63) is 0 Å². The van der Waals surface area contributed by atoms with Crippen LogP contribution >= 0.6 is 0 Å². The molecule has 0 spiro atoms. The summed E-state index contributed by atoms with van der Waals surface area (Å²) in [4.78, 5) is 12.9. The predicted octanol–water partition coefficient (Wildman–Crippen LogP) is 2.87. The summed E-state index contributed by atoms with van der Waals surface area (Å²) in [6.07, 6.45) is 10.2. The van der Waals surface area contributed by atoms with Crippen LogP contribution in [-0.2, 0) is 26.3 Å². The van der Waals surface area contributed by atoms with Gasteiger partial charge in [0.25, 0.3) is 0 Å². The van der Waals surface area contributed by atoms with Crippen molar-refractivity contribution < 1.29 is 30.9 Å². The number of halogens is 3. The van der Waals surface area contributed by atoms with Crippen LogP contribution in [0.4, 0.5) is 13.2 Å². The molecule has 0 heterocycles. The average molecular weight is 386 g/mol. The quantitative estimate of drug-likeness (QED) is 0.317. The molecule has 0 saturated heterocycles. The third-order valence-corrected chi connectivity index (χ3v) is 6.95. The van der Waals surface area contributed by atoms with Gasteiger partial charge in [0.15, 0.2) is 27.2 Å². The van der Waals surface area contributed by atoms with E-state index < -0.39 is 15.6 Å². The van der Waals surface area contributed by atoms with Gasteiger partial charge in [0.2, 0.25) is 10.6 Å². The third kappa shape index (κ3) is 5.23. The summed E-state index contributed by atoms with van der Waals surface area (Å²) >= 11 is 1.91. The number of alkyl halides is 3. The van der Waals surface area contributed by atoms with Crippen molar-refractivity contribution in [2.45, 2.75) is 56.9 Å². The number of rotatable bonds is 2. The summed E-state index contributed by atoms with van der Waals surface area (Å²) in [5.74, 6) is 4.69. The molecule has 0 aromatic carbocycles. The van der Waals surface area contributed by atoms with Crippen LogP contribution in [0.2, 0.25) is 0 Å². The first-order chi connectivity index (χ1) is 11.1. The number of hydrogen-bond acceptors (Lipinski definition) is 4. The predicted molar refractivity (Wildman–Crippen MR) is 85.4 cm³/mol. The van der Waals surface area contributed by atoms with Gasteiger partial charge >= 0.3 is 5.51 Å². The fourth-order valence-corrected chi connectivity index (χ4v) is 5.17. The van der Waals surface area contributed by atoms with E-state index in [1.807, 2.05) is 11.4 Å². The van der Waals surface area contributed by atoms with Gasteiger partial charge in [-0.3, -0.25) is 4.79 Å². The van der Waals surface area contributed by atoms with E-state index in [4.69, 9.17) is 13.0 Å². The van der Waals surface area contributed by atoms with E-state index in [1.165, 1.54) is 42.7 Å². The van der Waals surface area contributed by atoms with Crippen LogP contribution in [0.25, 0.3) is 0 Å². The third-order valence-electron chi connectivity index (χ3n) is 5.01. The molecule has 24 heavy (non-hydrogen) atoms. The number of carbonyl (C=O) groups excluding carboxylic acids is 1. The topological polar surface area (TPSA) is 74.3 Å². The van der Waals surface area contributed by atoms with Crippen LogP contribution in [0.1, 0.15) is 51.4 Å². The van der Waals surface area contributed by atoms with Crippen molar-refractivity contribution in [1.82, 2.24) is 0 Å². The zero-order valence-corrected chi connectivity index (χ0v) is 14.8. The molecule has 0 aromatic rings. The zero-order valence-electron chi connectivity index (χ0n) is 13.2. The van der Waals surface area contributed by atoms with Crippen molar-refractivity contribution in [2.75, 3.05) is 5.75 Å². The molecule has 0 amide bonds. The largest absolute Gasteiger partial charge is 0.741 e. The second-order valence-electron chi connectivity index (χ2n) is 6.70. The second kappa shape index (κ2) is 7.78. The van der Waals surface area contributed by atoms with Gasteiger partial charge in [-0.15, -0.1) is 0 Å². The number of Topliss-reactive ketones (excluding diaryl/α,β-unsaturated/α-hetero) is 1. The molecule has 3 aliphatic rings. The Labute approximate surface area is 143 Å². The van der Waals surface area contributed by atoms with Gasteiger partial charge in [-0.1, -0.05) is 6.42 Å². The number of fused-ring (bicyclic) bond motifs is 2. The van der Waals surface area contributed by atoms with Crippen LogP contribution in [0.5, 0.6) is 0 Å². The highest BCUT2D eigenvalue weighted by Gasteiger charge is 2.41. The summed E-state index contributed by atoms with van der Waals surface area (Å²) < 4.78 is 58.9. The Morgan fingerprint density at radius 1 is 1.12 bits per heavy atom. The fraction of sp³-hybridized carbons (Fsp3) is 0.867. The number of hydrogen-bond donors (Lipinski definition) is 0. The Morgan fingerprint density at radius 3 is 2.21 bits per heavy atom. The van der Waals surface area contributed by atoms with Crippen LogP contribution in [0, 0.1) is 17.8 Å². The fourth-order valence-electron chi connectivity index (χ4n) is 3.79. The first kappa shape index (κ1) is 19.8. The molecule has 9 heteroatoms. The van der Waals surface area contributed by atoms with Crippen LogP contribution < -0.4 is 0 Å². The van der Waals surface area contributed by atoms with Gasteiger partial charge in [0.1, 0.15) is 0 Å². The number of ketones is 1. The Kier molecular flexibility index (Phi) is 6.41. The molecule has 0 N–H and O–H groups in total. The first-order valence-corrected chi connectivity index (χ1v) is 10.5. The molecule has 2 bridgehead atoms. The lowest BCUT2D eigenvalue weighted by atomic mass is 9.90. The minimum atomic E-state index is -6.09. The van der Waals surface area contributed by atoms with Crippen molar-refractivity contribution in [2.24, 2.45) is 17.8 Å². The summed E-state index contributed by atoms with van der Waals surface area (Å²) in [6.45, 7) is 0. The molecule has 3 aliphatic carbocycles. The minimum absolute atomic E-state index is 0.458. The van der Waals surface area contributed by atoms with E-state index >= 15 is 0 Å². The van der Waals surface area contributed by atoms with Crippen LogP contribution in [0.15, 0.2) is 0 Å². The SMILES string of the molecule is O=C1CCCCC1=[S+]CC1CC2CCC1C2.O=S(=O)([O-])C(F)(F)F. The highest BCUT2D eigenvalue weighted by atomic mass is 32.2. The molecule has 0 radical (unpaired) electrons. The molecule has 4 nitrogen and oxygen atoms in total. The van der Waals surface area contributed by atoms with Gasteiger partial charge in [0, 0.05) is 18.8 Å². The molecule has 3 atom stereocenters. The maximum Gasteiger partial charge on any atom is 0.485 e. The molecule has 3 rings (SSSR count). The van der Waals surface area contributed by atoms with E-state index in [1.54, 1.807) is 0 Å². The Balaban J connectivity index is 0.000000224. The highest BCUT2D eigenvalue weighted by molar-refractivity contribution is 7.86. The lowest BCUT2D eigenvalue weighted by Crippen LogP contribution is -2.22. The molecule has 3 fully saturated rings. The molecule has 3 unspecified atom stereocenters. The highest BCUT2D eigenvalue weighted by Crippen LogP contribution is 2.48. The zero-order chi connectivity index (χ0) is 18.0. The molecule has 0 aliphatic heterocycles. The lowest BCUT2D eigenvalue weighted by molar-refractivity contribution is -0.113. The Bertz CT molecular complexity index is 598. The molecule has 138 valence electrons. The van der Waals surface area contributed by atoms with Crippen LogP contribution in [-0.4, -0.2) is 34.9 Å². The van der Waals surface area contributed by atoms with Gasteiger partial charge in [-0.2, -0.15) is 13.2 Å². The second-order valence-corrected chi connectivity index (χ2v) is 9.19. The first-order valence-electron chi connectivity index (χ1n) is 8.12. The van der Waals surface area contributed by atoms with E-state index in [0.717, 1.165) is 37.0 Å². The van der Waals surface area contributed by atoms with Gasteiger partial charge < -0.3 is 4.55 Å². The smallest absolute Gasteiger partial charge is 0.485 e. The van der Waals surface area contributed by atoms with E-state index in [0.29, 0.717) is 5.78 Å². The van der Waals surface area contributed by atoms with E-state index in [-0.39, 0.29) is 0 Å². The Morgan fingerprint density at radius 2 is 1.75 bits per heavy atom. The Hall–Kier alpha value is -0.540. The van der Waals surface area contributed by atoms with Gasteiger partial charge in [-0.25, -0.2) is 8.42 Å². The molecule has 0 aromatic heterocycles. The maximum atomic E-state index is 11.7. The number of carbonyl (C=O) groups is 1. The van der Waals surface area contributed by atoms with Crippen molar-refractivity contribution in [3.8, 4) is 0 Å². The van der Waals surface area contributed by atoms with Crippen LogP contribution in [0.3, 0.4) is 0 Å². The summed E-state index contributed by atoms with van der Waals surface area (Å²) in [7, 11) is -6.09. The van der Waals surface area contributed by atoms with Gasteiger partial charge in [0.05, 0.1) is 0 Å². The molecular formula is C15H21F3O4S2.